The van der Waals surface area contributed by atoms with Crippen LogP contribution in [0.4, 0.5) is 21.5 Å². The first-order chi connectivity index (χ1) is 20.8. The van der Waals surface area contributed by atoms with Crippen LogP contribution < -0.4 is 4.90 Å². The van der Waals surface area contributed by atoms with E-state index in [0.717, 1.165) is 49.6 Å². The van der Waals surface area contributed by atoms with Gasteiger partial charge in [0.25, 0.3) is 0 Å². The summed E-state index contributed by atoms with van der Waals surface area (Å²) < 4.78 is 15.3. The molecule has 1 aliphatic carbocycles. The highest BCUT2D eigenvalue weighted by Crippen LogP contribution is 2.54. The Morgan fingerprint density at radius 3 is 1.95 bits per heavy atom. The summed E-state index contributed by atoms with van der Waals surface area (Å²) in [5.41, 5.74) is 6.09. The number of rotatable bonds is 2. The zero-order chi connectivity index (χ0) is 29.5. The predicted molar refractivity (Wildman–Crippen MR) is 171 cm³/mol. The van der Waals surface area contributed by atoms with Crippen LogP contribution in [0.15, 0.2) is 121 Å². The maximum Gasteiger partial charge on any atom is 0.197 e. The highest BCUT2D eigenvalue weighted by atomic mass is 19.1. The van der Waals surface area contributed by atoms with Crippen LogP contribution in [0.25, 0.3) is 27.6 Å². The summed E-state index contributed by atoms with van der Waals surface area (Å²) in [4.78, 5) is 28.8. The average molecular weight is 560 g/mol. The van der Waals surface area contributed by atoms with E-state index in [1.165, 1.54) is 6.07 Å². The van der Waals surface area contributed by atoms with Gasteiger partial charge >= 0.3 is 0 Å². The number of nitrogens with zero attached hydrogens (tertiary/aromatic N) is 1. The van der Waals surface area contributed by atoms with Gasteiger partial charge in [-0.2, -0.15) is 0 Å². The molecule has 0 radical (unpaired) electrons. The van der Waals surface area contributed by atoms with Crippen molar-refractivity contribution in [2.24, 2.45) is 0 Å². The minimum Gasteiger partial charge on any atom is -0.307 e. The fourth-order valence-corrected chi connectivity index (χ4v) is 6.93. The van der Waals surface area contributed by atoms with Gasteiger partial charge in [0.1, 0.15) is 5.82 Å². The number of hydrogen-bond donors (Lipinski definition) is 0. The Morgan fingerprint density at radius 1 is 0.628 bits per heavy atom. The topological polar surface area (TPSA) is 37.4 Å². The van der Waals surface area contributed by atoms with Crippen molar-refractivity contribution in [3.05, 3.63) is 154 Å². The summed E-state index contributed by atoms with van der Waals surface area (Å²) in [5.74, 6) is -0.769. The van der Waals surface area contributed by atoms with Crippen LogP contribution >= 0.6 is 0 Å². The maximum atomic E-state index is 15.3. The number of halogens is 1. The van der Waals surface area contributed by atoms with E-state index in [4.69, 9.17) is 0 Å². The number of benzene rings is 6. The number of para-hydroxylation sites is 2. The molecule has 0 amide bonds. The zero-order valence-electron chi connectivity index (χ0n) is 23.7. The van der Waals surface area contributed by atoms with Crippen LogP contribution in [0.5, 0.6) is 0 Å². The molecule has 0 atom stereocenters. The quantitative estimate of drug-likeness (QED) is 0.157. The molecule has 1 heterocycles. The smallest absolute Gasteiger partial charge is 0.197 e. The van der Waals surface area contributed by atoms with E-state index in [2.05, 4.69) is 26.0 Å². The van der Waals surface area contributed by atoms with Gasteiger partial charge in [-0.3, -0.25) is 9.59 Å². The van der Waals surface area contributed by atoms with Gasteiger partial charge in [-0.05, 0) is 86.8 Å². The summed E-state index contributed by atoms with van der Waals surface area (Å²) >= 11 is 0. The third-order valence-corrected chi connectivity index (χ3v) is 8.97. The molecule has 1 aliphatic heterocycles. The van der Waals surface area contributed by atoms with E-state index in [9.17, 15) is 9.59 Å². The van der Waals surface area contributed by atoms with Crippen molar-refractivity contribution in [2.75, 3.05) is 4.90 Å². The van der Waals surface area contributed by atoms with Crippen molar-refractivity contribution in [2.45, 2.75) is 19.3 Å². The number of fused-ring (bicyclic) bond motifs is 6. The fourth-order valence-electron chi connectivity index (χ4n) is 6.93. The van der Waals surface area contributed by atoms with E-state index < -0.39 is 0 Å². The van der Waals surface area contributed by atoms with Crippen molar-refractivity contribution >= 4 is 56.2 Å². The van der Waals surface area contributed by atoms with Gasteiger partial charge in [0.2, 0.25) is 0 Å². The summed E-state index contributed by atoms with van der Waals surface area (Å²) in [5, 5.41) is 3.90. The van der Waals surface area contributed by atoms with Crippen LogP contribution in [0, 0.1) is 5.82 Å². The van der Waals surface area contributed by atoms with Gasteiger partial charge in [0, 0.05) is 16.5 Å². The molecule has 6 aromatic carbocycles. The van der Waals surface area contributed by atoms with Crippen LogP contribution in [-0.2, 0) is 5.41 Å². The predicted octanol–water partition coefficient (Wildman–Crippen LogP) is 9.70. The molecule has 206 valence electrons. The van der Waals surface area contributed by atoms with Gasteiger partial charge < -0.3 is 4.90 Å². The Kier molecular flexibility index (Phi) is 5.35. The summed E-state index contributed by atoms with van der Waals surface area (Å²) in [6.07, 6.45) is 1.71. The third-order valence-electron chi connectivity index (χ3n) is 8.97. The standard InChI is InChI=1S/C39H26FNO2/c1-39(2)31-11-5-7-13-33(31)41(34-14-8-6-12-32(34)40)35-18-16-26-19-23(15-17-27(26)36(35)39)20-30-37(42)28-21-24-9-3-4-10-25(24)22-29(28)38(30)43/h3-22H,1-2H3. The largest absolute Gasteiger partial charge is 0.307 e. The number of carbonyl (C=O) groups is 2. The van der Waals surface area contributed by atoms with Crippen LogP contribution in [0.1, 0.15) is 51.3 Å². The molecule has 2 aliphatic rings. The van der Waals surface area contributed by atoms with E-state index in [0.29, 0.717) is 16.8 Å². The van der Waals surface area contributed by atoms with Crippen LogP contribution in [-0.4, -0.2) is 11.6 Å². The second-order valence-corrected chi connectivity index (χ2v) is 11.8. The highest BCUT2D eigenvalue weighted by Gasteiger charge is 2.39. The highest BCUT2D eigenvalue weighted by molar-refractivity contribution is 6.42. The van der Waals surface area contributed by atoms with Gasteiger partial charge in [-0.25, -0.2) is 4.39 Å². The Bertz CT molecular complexity index is 2170. The molecule has 0 N–H and O–H groups in total. The molecule has 0 unspecified atom stereocenters. The van der Waals surface area contributed by atoms with Crippen molar-refractivity contribution in [3.8, 4) is 0 Å². The molecule has 0 fully saturated rings. The summed E-state index contributed by atoms with van der Waals surface area (Å²) in [6.45, 7) is 4.41. The Labute approximate surface area is 248 Å². The van der Waals surface area contributed by atoms with Gasteiger partial charge in [0.05, 0.1) is 22.6 Å². The normalized spacial score (nSPS) is 15.0. The molecule has 3 nitrogen and oxygen atoms in total. The number of hydrogen-bond acceptors (Lipinski definition) is 3. The van der Waals surface area contributed by atoms with E-state index >= 15 is 4.39 Å². The lowest BCUT2D eigenvalue weighted by molar-refractivity contribution is 0.0990. The van der Waals surface area contributed by atoms with Crippen LogP contribution in [0.2, 0.25) is 0 Å². The number of carbonyl (C=O) groups excluding carboxylic acids is 2. The molecular formula is C39H26FNO2. The molecule has 0 spiro atoms. The summed E-state index contributed by atoms with van der Waals surface area (Å²) in [6, 6.07) is 36.5. The van der Waals surface area contributed by atoms with E-state index in [1.54, 1.807) is 12.1 Å². The third kappa shape index (κ3) is 3.66. The molecule has 8 rings (SSSR count). The first kappa shape index (κ1) is 25.4. The number of Topliss-reactive ketones (excluding diaryl/α,β-unsaturated/α-hetero) is 2. The van der Waals surface area contributed by atoms with Crippen molar-refractivity contribution < 1.29 is 14.0 Å². The minimum absolute atomic E-state index is 0.183. The van der Waals surface area contributed by atoms with Crippen molar-refractivity contribution in [3.63, 3.8) is 0 Å². The first-order valence-corrected chi connectivity index (χ1v) is 14.4. The molecule has 0 aromatic heterocycles. The average Bonchev–Trinajstić information content (AvgIpc) is 3.24. The SMILES string of the molecule is CC1(C)c2ccccc2N(c2ccccc2F)c2ccc3cc(C=C4C(=O)c5cc6ccccc6cc5C4=O)ccc3c21. The fraction of sp³-hybridized carbons (Fsp3) is 0.0769. The molecule has 0 saturated carbocycles. The van der Waals surface area contributed by atoms with E-state index in [-0.39, 0.29) is 28.4 Å². The van der Waals surface area contributed by atoms with Crippen molar-refractivity contribution in [1.29, 1.82) is 0 Å². The molecule has 0 bridgehead atoms. The molecule has 4 heteroatoms. The lowest BCUT2D eigenvalue weighted by atomic mass is 9.71. The Hall–Kier alpha value is -5.35. The second kappa shape index (κ2) is 9.07. The molecule has 6 aromatic rings. The molecule has 0 saturated heterocycles. The Balaban J connectivity index is 1.27. The monoisotopic (exact) mass is 559 g/mol. The minimum atomic E-state index is -0.367. The first-order valence-electron chi connectivity index (χ1n) is 14.4. The summed E-state index contributed by atoms with van der Waals surface area (Å²) in [7, 11) is 0. The molecular weight excluding hydrogens is 533 g/mol. The number of anilines is 3. The number of ketones is 2. The van der Waals surface area contributed by atoms with Gasteiger partial charge in [-0.15, -0.1) is 0 Å². The number of allylic oxidation sites excluding steroid dienone is 1. The van der Waals surface area contributed by atoms with Gasteiger partial charge in [-0.1, -0.05) is 86.6 Å². The molecule has 43 heavy (non-hydrogen) atoms. The maximum absolute atomic E-state index is 15.3. The zero-order valence-corrected chi connectivity index (χ0v) is 23.7. The van der Waals surface area contributed by atoms with Gasteiger partial charge in [0.15, 0.2) is 11.6 Å². The Morgan fingerprint density at radius 2 is 1.26 bits per heavy atom. The lowest BCUT2D eigenvalue weighted by Crippen LogP contribution is -2.31. The van der Waals surface area contributed by atoms with Crippen molar-refractivity contribution in [1.82, 2.24) is 0 Å². The lowest BCUT2D eigenvalue weighted by Gasteiger charge is -2.42. The van der Waals surface area contributed by atoms with Crippen LogP contribution in [0.3, 0.4) is 0 Å². The second-order valence-electron chi connectivity index (χ2n) is 11.8. The van der Waals surface area contributed by atoms with E-state index in [1.807, 2.05) is 95.9 Å².